The molecule has 10 heteroatoms. The van der Waals surface area contributed by atoms with Gasteiger partial charge in [0.2, 0.25) is 6.23 Å². The average molecular weight is 578 g/mol. The Morgan fingerprint density at radius 2 is 1.89 bits per heavy atom. The number of rotatable bonds is 5. The van der Waals surface area contributed by atoms with E-state index in [-0.39, 0.29) is 17.4 Å². The minimum absolute atomic E-state index is 0.0469. The fraction of sp³-hybridized carbons (Fsp3) is 0.200. The maximum Gasteiger partial charge on any atom is 0.340 e. The molecule has 0 unspecified atom stereocenters. The van der Waals surface area contributed by atoms with Crippen LogP contribution in [0.3, 0.4) is 0 Å². The van der Waals surface area contributed by atoms with Gasteiger partial charge in [-0.1, -0.05) is 45.2 Å². The zero-order valence-corrected chi connectivity index (χ0v) is 21.7. The largest absolute Gasteiger partial charge is 0.493 e. The van der Waals surface area contributed by atoms with Gasteiger partial charge in [-0.15, -0.1) is 0 Å². The molecule has 0 bridgehead atoms. The number of carboxylic acid groups (broad SMARTS) is 1. The van der Waals surface area contributed by atoms with Crippen molar-refractivity contribution in [2.75, 3.05) is 14.2 Å². The SMILES string of the molecule is COc1ccc([C@@H]2Oc3ccc(Br)cc3[C@@H]3CC(c4ccc(Cl)c(Cl)c4)=NN32)c(C(=O)O)c1OC. The van der Waals surface area contributed by atoms with E-state index in [1.54, 1.807) is 29.3 Å². The van der Waals surface area contributed by atoms with E-state index in [2.05, 4.69) is 15.9 Å². The third-order valence-electron chi connectivity index (χ3n) is 6.06. The van der Waals surface area contributed by atoms with Crippen LogP contribution in [0.4, 0.5) is 0 Å². The standard InChI is InChI=1S/C25H19BrCl2N2O5/c1-33-21-8-5-14(22(25(31)32)23(21)34-2)24-30-19(15-10-13(26)4-7-20(15)35-24)11-18(29-30)12-3-6-16(27)17(28)9-12/h3-10,19,24H,11H2,1-2H3,(H,31,32)/t19-,24-/m0/s1. The first-order valence-electron chi connectivity index (χ1n) is 10.6. The maximum atomic E-state index is 12.4. The Hall–Kier alpha value is -2.94. The molecule has 0 fully saturated rings. The van der Waals surface area contributed by atoms with Crippen LogP contribution in [0.5, 0.6) is 17.2 Å². The smallest absolute Gasteiger partial charge is 0.340 e. The van der Waals surface area contributed by atoms with Crippen LogP contribution >= 0.6 is 39.1 Å². The highest BCUT2D eigenvalue weighted by molar-refractivity contribution is 9.10. The predicted octanol–water partition coefficient (Wildman–Crippen LogP) is 6.71. The first kappa shape index (κ1) is 23.8. The topological polar surface area (TPSA) is 80.6 Å². The maximum absolute atomic E-state index is 12.4. The summed E-state index contributed by atoms with van der Waals surface area (Å²) in [4.78, 5) is 12.4. The number of aromatic carboxylic acids is 1. The Morgan fingerprint density at radius 1 is 1.09 bits per heavy atom. The van der Waals surface area contributed by atoms with Gasteiger partial charge in [-0.3, -0.25) is 0 Å². The number of carbonyl (C=O) groups is 1. The second-order valence-electron chi connectivity index (χ2n) is 8.00. The van der Waals surface area contributed by atoms with Crippen molar-refractivity contribution in [3.05, 3.63) is 85.3 Å². The highest BCUT2D eigenvalue weighted by Gasteiger charge is 2.43. The second-order valence-corrected chi connectivity index (χ2v) is 9.73. The van der Waals surface area contributed by atoms with Crippen LogP contribution in [-0.2, 0) is 0 Å². The number of benzene rings is 3. The summed E-state index contributed by atoms with van der Waals surface area (Å²) in [6.07, 6.45) is -0.253. The summed E-state index contributed by atoms with van der Waals surface area (Å²) < 4.78 is 18.0. The van der Waals surface area contributed by atoms with E-state index in [1.807, 2.05) is 24.3 Å². The Labute approximate surface area is 219 Å². The summed E-state index contributed by atoms with van der Waals surface area (Å²) in [5.74, 6) is -0.0829. The van der Waals surface area contributed by atoms with Crippen molar-refractivity contribution in [1.82, 2.24) is 5.01 Å². The molecular weight excluding hydrogens is 559 g/mol. The van der Waals surface area contributed by atoms with Gasteiger partial charge in [-0.2, -0.15) is 5.10 Å². The summed E-state index contributed by atoms with van der Waals surface area (Å²) in [5.41, 5.74) is 2.90. The third kappa shape index (κ3) is 4.09. The Kier molecular flexibility index (Phi) is 6.29. The number of carboxylic acids is 1. The molecule has 7 nitrogen and oxygen atoms in total. The number of fused-ring (bicyclic) bond motifs is 3. The molecule has 180 valence electrons. The minimum atomic E-state index is -1.16. The predicted molar refractivity (Wildman–Crippen MR) is 136 cm³/mol. The zero-order chi connectivity index (χ0) is 24.9. The quantitative estimate of drug-likeness (QED) is 0.363. The van der Waals surface area contributed by atoms with Crippen LogP contribution in [0.2, 0.25) is 10.0 Å². The van der Waals surface area contributed by atoms with Crippen molar-refractivity contribution in [2.24, 2.45) is 5.10 Å². The molecule has 0 amide bonds. The summed E-state index contributed by atoms with van der Waals surface area (Å²) in [6, 6.07) is 14.2. The van der Waals surface area contributed by atoms with E-state index in [1.165, 1.54) is 14.2 Å². The molecule has 2 aliphatic rings. The van der Waals surface area contributed by atoms with Crippen molar-refractivity contribution in [3.63, 3.8) is 0 Å². The number of hydrogen-bond donors (Lipinski definition) is 1. The summed E-state index contributed by atoms with van der Waals surface area (Å²) in [6.45, 7) is 0. The molecule has 5 rings (SSSR count). The lowest BCUT2D eigenvalue weighted by Gasteiger charge is -2.38. The molecule has 0 radical (unpaired) electrons. The van der Waals surface area contributed by atoms with Crippen molar-refractivity contribution in [1.29, 1.82) is 0 Å². The number of hydrogen-bond acceptors (Lipinski definition) is 6. The number of methoxy groups -OCH3 is 2. The first-order valence-corrected chi connectivity index (χ1v) is 12.1. The Balaban J connectivity index is 1.68. The van der Waals surface area contributed by atoms with Gasteiger partial charge in [0.15, 0.2) is 11.5 Å². The van der Waals surface area contributed by atoms with Gasteiger partial charge in [0.25, 0.3) is 0 Å². The lowest BCUT2D eigenvalue weighted by molar-refractivity contribution is -0.0199. The van der Waals surface area contributed by atoms with Crippen LogP contribution in [-0.4, -0.2) is 36.0 Å². The lowest BCUT2D eigenvalue weighted by Crippen LogP contribution is -2.34. The van der Waals surface area contributed by atoms with E-state index in [9.17, 15) is 9.90 Å². The van der Waals surface area contributed by atoms with E-state index in [4.69, 9.17) is 42.5 Å². The fourth-order valence-electron chi connectivity index (χ4n) is 4.48. The highest BCUT2D eigenvalue weighted by Crippen LogP contribution is 2.50. The molecule has 1 N–H and O–H groups in total. The molecular formula is C25H19BrCl2N2O5. The van der Waals surface area contributed by atoms with Gasteiger partial charge < -0.3 is 19.3 Å². The van der Waals surface area contributed by atoms with Crippen LogP contribution in [0.15, 0.2) is 58.1 Å². The summed E-state index contributed by atoms with van der Waals surface area (Å²) in [7, 11) is 2.86. The average Bonchev–Trinajstić information content (AvgIpc) is 3.30. The molecule has 0 aromatic heterocycles. The lowest BCUT2D eigenvalue weighted by atomic mass is 9.95. The van der Waals surface area contributed by atoms with Crippen LogP contribution in [0, 0.1) is 0 Å². The molecule has 0 saturated carbocycles. The molecule has 3 aromatic rings. The number of nitrogens with zero attached hydrogens (tertiary/aromatic N) is 2. The zero-order valence-electron chi connectivity index (χ0n) is 18.6. The minimum Gasteiger partial charge on any atom is -0.493 e. The molecule has 2 aliphatic heterocycles. The van der Waals surface area contributed by atoms with Crippen LogP contribution < -0.4 is 14.2 Å². The number of hydrazone groups is 1. The molecule has 0 spiro atoms. The summed E-state index contributed by atoms with van der Waals surface area (Å²) >= 11 is 15.9. The highest BCUT2D eigenvalue weighted by atomic mass is 79.9. The van der Waals surface area contributed by atoms with E-state index in [0.717, 1.165) is 21.3 Å². The van der Waals surface area contributed by atoms with Crippen molar-refractivity contribution >= 4 is 50.8 Å². The Bertz CT molecular complexity index is 1380. The van der Waals surface area contributed by atoms with E-state index in [0.29, 0.717) is 33.5 Å². The fourth-order valence-corrected chi connectivity index (χ4v) is 5.16. The third-order valence-corrected chi connectivity index (χ3v) is 7.29. The summed E-state index contributed by atoms with van der Waals surface area (Å²) in [5, 5.41) is 17.7. The monoisotopic (exact) mass is 576 g/mol. The molecule has 35 heavy (non-hydrogen) atoms. The van der Waals surface area contributed by atoms with Crippen LogP contribution in [0.1, 0.15) is 45.7 Å². The van der Waals surface area contributed by atoms with Gasteiger partial charge >= 0.3 is 5.97 Å². The Morgan fingerprint density at radius 3 is 2.57 bits per heavy atom. The molecule has 0 saturated heterocycles. The second kappa shape index (κ2) is 9.26. The van der Waals surface area contributed by atoms with Crippen LogP contribution in [0.25, 0.3) is 0 Å². The van der Waals surface area contributed by atoms with E-state index < -0.39 is 12.2 Å². The van der Waals surface area contributed by atoms with Gasteiger partial charge in [0.05, 0.1) is 36.0 Å². The van der Waals surface area contributed by atoms with Gasteiger partial charge in [-0.25, -0.2) is 9.80 Å². The van der Waals surface area contributed by atoms with Gasteiger partial charge in [0, 0.05) is 22.0 Å². The molecule has 0 aliphatic carbocycles. The van der Waals surface area contributed by atoms with Crippen molar-refractivity contribution < 1.29 is 24.1 Å². The van der Waals surface area contributed by atoms with E-state index >= 15 is 0 Å². The normalized spacial score (nSPS) is 18.3. The molecule has 2 heterocycles. The van der Waals surface area contributed by atoms with Crippen molar-refractivity contribution in [3.8, 4) is 17.2 Å². The van der Waals surface area contributed by atoms with Crippen molar-refractivity contribution in [2.45, 2.75) is 18.7 Å². The first-order chi connectivity index (χ1) is 16.8. The van der Waals surface area contributed by atoms with Gasteiger partial charge in [0.1, 0.15) is 11.3 Å². The molecule has 3 aromatic carbocycles. The molecule has 2 atom stereocenters. The number of ether oxygens (including phenoxy) is 3. The van der Waals surface area contributed by atoms with Gasteiger partial charge in [-0.05, 0) is 48.0 Å². The number of halogens is 3.